The van der Waals surface area contributed by atoms with Crippen LogP contribution in [0.1, 0.15) is 11.6 Å². The van der Waals surface area contributed by atoms with Gasteiger partial charge >= 0.3 is 0 Å². The standard InChI is InChI=1S/C10H9BrN2OS/c1-6-8(3-4-14-6)15-10-5-9(11)12-7(2)13-10/h3-5H,1-2H3. The van der Waals surface area contributed by atoms with Gasteiger partial charge in [-0.05, 0) is 35.8 Å². The maximum absolute atomic E-state index is 5.22. The predicted octanol–water partition coefficient (Wildman–Crippen LogP) is 3.60. The molecule has 0 fully saturated rings. The third-order valence-electron chi connectivity index (χ3n) is 1.81. The van der Waals surface area contributed by atoms with Crippen LogP contribution in [0.2, 0.25) is 0 Å². The molecule has 0 amide bonds. The van der Waals surface area contributed by atoms with Gasteiger partial charge in [0.05, 0.1) is 11.2 Å². The van der Waals surface area contributed by atoms with Crippen molar-refractivity contribution in [1.29, 1.82) is 0 Å². The Morgan fingerprint density at radius 1 is 1.33 bits per heavy atom. The van der Waals surface area contributed by atoms with Crippen LogP contribution in [0.15, 0.2) is 37.3 Å². The third kappa shape index (κ3) is 2.60. The first kappa shape index (κ1) is 10.7. The summed E-state index contributed by atoms with van der Waals surface area (Å²) in [5.74, 6) is 1.67. The van der Waals surface area contributed by atoms with Gasteiger partial charge in [-0.1, -0.05) is 11.8 Å². The zero-order valence-corrected chi connectivity index (χ0v) is 10.7. The minimum atomic E-state index is 0.757. The number of furan rings is 1. The number of hydrogen-bond acceptors (Lipinski definition) is 4. The summed E-state index contributed by atoms with van der Waals surface area (Å²) in [5.41, 5.74) is 0. The van der Waals surface area contributed by atoms with E-state index in [1.807, 2.05) is 26.0 Å². The Kier molecular flexibility index (Phi) is 3.11. The normalized spacial score (nSPS) is 10.6. The lowest BCUT2D eigenvalue weighted by Gasteiger charge is -2.00. The number of aromatic nitrogens is 2. The van der Waals surface area contributed by atoms with Gasteiger partial charge in [-0.25, -0.2) is 9.97 Å². The van der Waals surface area contributed by atoms with Gasteiger partial charge in [0.15, 0.2) is 0 Å². The second kappa shape index (κ2) is 4.37. The molecule has 0 aliphatic heterocycles. The van der Waals surface area contributed by atoms with Crippen molar-refractivity contribution in [3.05, 3.63) is 34.6 Å². The summed E-state index contributed by atoms with van der Waals surface area (Å²) >= 11 is 4.92. The van der Waals surface area contributed by atoms with E-state index in [0.29, 0.717) is 0 Å². The molecule has 0 aliphatic carbocycles. The van der Waals surface area contributed by atoms with Gasteiger partial charge in [0.25, 0.3) is 0 Å². The molecule has 2 aromatic heterocycles. The summed E-state index contributed by atoms with van der Waals surface area (Å²) < 4.78 is 6.03. The molecule has 0 spiro atoms. The fraction of sp³-hybridized carbons (Fsp3) is 0.200. The second-order valence-electron chi connectivity index (χ2n) is 3.02. The molecule has 0 aliphatic rings. The molecule has 78 valence electrons. The quantitative estimate of drug-likeness (QED) is 0.790. The highest BCUT2D eigenvalue weighted by Crippen LogP contribution is 2.30. The topological polar surface area (TPSA) is 38.9 Å². The van der Waals surface area contributed by atoms with Crippen LogP contribution in [0.4, 0.5) is 0 Å². The van der Waals surface area contributed by atoms with Crippen LogP contribution in [-0.2, 0) is 0 Å². The lowest BCUT2D eigenvalue weighted by atomic mass is 10.5. The molecule has 0 N–H and O–H groups in total. The minimum Gasteiger partial charge on any atom is -0.468 e. The van der Waals surface area contributed by atoms with Gasteiger partial charge in [-0.3, -0.25) is 0 Å². The van der Waals surface area contributed by atoms with E-state index in [0.717, 1.165) is 26.1 Å². The van der Waals surface area contributed by atoms with E-state index in [2.05, 4.69) is 25.9 Å². The summed E-state index contributed by atoms with van der Waals surface area (Å²) in [4.78, 5) is 9.57. The highest BCUT2D eigenvalue weighted by molar-refractivity contribution is 9.10. The Labute approximate surface area is 100 Å². The average Bonchev–Trinajstić information content (AvgIpc) is 2.50. The lowest BCUT2D eigenvalue weighted by Crippen LogP contribution is -1.89. The maximum Gasteiger partial charge on any atom is 0.127 e. The van der Waals surface area contributed by atoms with E-state index in [4.69, 9.17) is 4.42 Å². The largest absolute Gasteiger partial charge is 0.468 e. The first-order valence-corrected chi connectivity index (χ1v) is 5.99. The Hall–Kier alpha value is -0.810. The van der Waals surface area contributed by atoms with Gasteiger partial charge in [0.2, 0.25) is 0 Å². The van der Waals surface area contributed by atoms with Crippen molar-refractivity contribution < 1.29 is 4.42 Å². The van der Waals surface area contributed by atoms with Gasteiger partial charge < -0.3 is 4.42 Å². The maximum atomic E-state index is 5.22. The van der Waals surface area contributed by atoms with Crippen molar-refractivity contribution in [2.24, 2.45) is 0 Å². The number of nitrogens with zero attached hydrogens (tertiary/aromatic N) is 2. The fourth-order valence-electron chi connectivity index (χ4n) is 1.15. The second-order valence-corrected chi connectivity index (χ2v) is 4.89. The molecule has 0 saturated carbocycles. The molecule has 3 nitrogen and oxygen atoms in total. The van der Waals surface area contributed by atoms with Crippen LogP contribution in [0.25, 0.3) is 0 Å². The SMILES string of the molecule is Cc1nc(Br)cc(Sc2ccoc2C)n1. The van der Waals surface area contributed by atoms with Gasteiger partial charge in [-0.2, -0.15) is 0 Å². The van der Waals surface area contributed by atoms with E-state index in [1.165, 1.54) is 0 Å². The van der Waals surface area contributed by atoms with E-state index in [1.54, 1.807) is 18.0 Å². The summed E-state index contributed by atoms with van der Waals surface area (Å²) in [6.45, 7) is 3.81. The van der Waals surface area contributed by atoms with Crippen molar-refractivity contribution in [2.75, 3.05) is 0 Å². The third-order valence-corrected chi connectivity index (χ3v) is 3.28. The lowest BCUT2D eigenvalue weighted by molar-refractivity contribution is 0.527. The molecule has 5 heteroatoms. The summed E-state index contributed by atoms with van der Waals surface area (Å²) in [5, 5.41) is 0.916. The Bertz CT molecular complexity index is 464. The molecule has 2 rings (SSSR count). The van der Waals surface area contributed by atoms with Crippen molar-refractivity contribution in [3.63, 3.8) is 0 Å². The van der Waals surface area contributed by atoms with E-state index >= 15 is 0 Å². The van der Waals surface area contributed by atoms with E-state index in [-0.39, 0.29) is 0 Å². The summed E-state index contributed by atoms with van der Waals surface area (Å²) in [7, 11) is 0. The predicted molar refractivity (Wildman–Crippen MR) is 62.0 cm³/mol. The zero-order chi connectivity index (χ0) is 10.8. The highest BCUT2D eigenvalue weighted by atomic mass is 79.9. The van der Waals surface area contributed by atoms with Crippen molar-refractivity contribution in [3.8, 4) is 0 Å². The van der Waals surface area contributed by atoms with Crippen LogP contribution in [-0.4, -0.2) is 9.97 Å². The van der Waals surface area contributed by atoms with Crippen molar-refractivity contribution >= 4 is 27.7 Å². The van der Waals surface area contributed by atoms with Gasteiger partial charge in [0, 0.05) is 6.07 Å². The Morgan fingerprint density at radius 3 is 2.73 bits per heavy atom. The Balaban J connectivity index is 2.28. The van der Waals surface area contributed by atoms with E-state index < -0.39 is 0 Å². The van der Waals surface area contributed by atoms with Crippen molar-refractivity contribution in [1.82, 2.24) is 9.97 Å². The molecule has 0 atom stereocenters. The van der Waals surface area contributed by atoms with E-state index in [9.17, 15) is 0 Å². The molecular weight excluding hydrogens is 276 g/mol. The summed E-state index contributed by atoms with van der Waals surface area (Å²) in [6.07, 6.45) is 1.68. The average molecular weight is 285 g/mol. The summed E-state index contributed by atoms with van der Waals surface area (Å²) in [6, 6.07) is 3.83. The smallest absolute Gasteiger partial charge is 0.127 e. The van der Waals surface area contributed by atoms with Crippen LogP contribution in [0.3, 0.4) is 0 Å². The van der Waals surface area contributed by atoms with Crippen LogP contribution < -0.4 is 0 Å². The molecule has 0 unspecified atom stereocenters. The molecule has 0 bridgehead atoms. The number of halogens is 1. The molecule has 15 heavy (non-hydrogen) atoms. The first-order valence-electron chi connectivity index (χ1n) is 4.38. The fourth-order valence-corrected chi connectivity index (χ4v) is 2.66. The zero-order valence-electron chi connectivity index (χ0n) is 8.32. The molecule has 2 aromatic rings. The van der Waals surface area contributed by atoms with Crippen LogP contribution in [0.5, 0.6) is 0 Å². The number of rotatable bonds is 2. The van der Waals surface area contributed by atoms with Crippen molar-refractivity contribution in [2.45, 2.75) is 23.8 Å². The highest BCUT2D eigenvalue weighted by Gasteiger charge is 2.06. The molecule has 0 aromatic carbocycles. The molecule has 0 saturated heterocycles. The molecule has 2 heterocycles. The van der Waals surface area contributed by atoms with Crippen LogP contribution in [0, 0.1) is 13.8 Å². The molecular formula is C10H9BrN2OS. The van der Waals surface area contributed by atoms with Gasteiger partial charge in [0.1, 0.15) is 21.2 Å². The monoisotopic (exact) mass is 284 g/mol. The number of aryl methyl sites for hydroxylation is 2. The number of hydrogen-bond donors (Lipinski definition) is 0. The first-order chi connectivity index (χ1) is 7.15. The molecule has 0 radical (unpaired) electrons. The van der Waals surface area contributed by atoms with Gasteiger partial charge in [-0.15, -0.1) is 0 Å². The van der Waals surface area contributed by atoms with Crippen LogP contribution >= 0.6 is 27.7 Å². The minimum absolute atomic E-state index is 0.757. The Morgan fingerprint density at radius 2 is 2.13 bits per heavy atom.